The highest BCUT2D eigenvalue weighted by atomic mass is 32.1. The number of likely N-dealkylation sites (tertiary alicyclic amines) is 1. The number of hydrogen-bond acceptors (Lipinski definition) is 4. The number of nitrogens with two attached hydrogens (primary N) is 1. The molecule has 0 amide bonds. The number of aryl methyl sites for hydroxylation is 1. The van der Waals surface area contributed by atoms with Crippen molar-refractivity contribution in [1.82, 2.24) is 20.1 Å². The molecule has 0 radical (unpaired) electrons. The first-order valence-electron chi connectivity index (χ1n) is 11.2. The molecule has 1 aliphatic heterocycles. The number of H-pyrrole nitrogens is 1. The van der Waals surface area contributed by atoms with Gasteiger partial charge in [0, 0.05) is 49.3 Å². The van der Waals surface area contributed by atoms with Crippen LogP contribution in [-0.2, 0) is 13.0 Å². The first kappa shape index (κ1) is 21.2. The van der Waals surface area contributed by atoms with Gasteiger partial charge in [-0.15, -0.1) is 0 Å². The molecule has 5 nitrogen and oxygen atoms in total. The summed E-state index contributed by atoms with van der Waals surface area (Å²) in [7, 11) is 2.10. The molecule has 4 N–H and O–H groups in total. The highest BCUT2D eigenvalue weighted by molar-refractivity contribution is 7.80. The molecule has 2 aromatic rings. The lowest BCUT2D eigenvalue weighted by atomic mass is 9.80. The number of hydrogen-bond donors (Lipinski definition) is 3. The minimum absolute atomic E-state index is 0.346. The minimum Gasteiger partial charge on any atom is -0.368 e. The fraction of sp³-hybridized carbons (Fsp3) is 0.542. The van der Waals surface area contributed by atoms with Crippen molar-refractivity contribution in [2.75, 3.05) is 20.1 Å². The van der Waals surface area contributed by atoms with Crippen LogP contribution in [0.1, 0.15) is 43.9 Å². The predicted octanol–water partition coefficient (Wildman–Crippen LogP) is 3.75. The normalized spacial score (nSPS) is 23.8. The number of aromatic nitrogens is 1. The summed E-state index contributed by atoms with van der Waals surface area (Å²) in [6.45, 7) is 9.33. The summed E-state index contributed by atoms with van der Waals surface area (Å²) in [6.07, 6.45) is 5.48. The number of thiocarbonyl (C=S) groups is 1. The van der Waals surface area contributed by atoms with Crippen molar-refractivity contribution in [3.63, 3.8) is 0 Å². The van der Waals surface area contributed by atoms with Crippen LogP contribution in [0.25, 0.3) is 10.9 Å². The zero-order chi connectivity index (χ0) is 21.3. The minimum atomic E-state index is 0.346. The molecule has 1 saturated carbocycles. The van der Waals surface area contributed by atoms with Gasteiger partial charge >= 0.3 is 0 Å². The summed E-state index contributed by atoms with van der Waals surface area (Å²) >= 11 is 5.76. The molecule has 6 heteroatoms. The van der Waals surface area contributed by atoms with Gasteiger partial charge in [-0.25, -0.2) is 0 Å². The maximum atomic E-state index is 5.95. The maximum absolute atomic E-state index is 5.95. The highest BCUT2D eigenvalue weighted by Gasteiger charge is 2.33. The zero-order valence-electron chi connectivity index (χ0n) is 18.3. The van der Waals surface area contributed by atoms with Crippen LogP contribution >= 0.6 is 12.2 Å². The van der Waals surface area contributed by atoms with Crippen LogP contribution in [0.2, 0.25) is 0 Å². The first-order valence-corrected chi connectivity index (χ1v) is 11.6. The molecule has 30 heavy (non-hydrogen) atoms. The van der Waals surface area contributed by atoms with E-state index in [9.17, 15) is 0 Å². The van der Waals surface area contributed by atoms with Gasteiger partial charge in [-0.2, -0.15) is 0 Å². The van der Waals surface area contributed by atoms with Crippen LogP contribution in [0.5, 0.6) is 0 Å². The SMILES string of the molecule is C=C(NC1CCCN(C(=S)C2CC(N)C2)C1)N(C)Cc1cc2cc(CC)ccc2[nH]1. The van der Waals surface area contributed by atoms with Gasteiger partial charge in [0.1, 0.15) is 0 Å². The monoisotopic (exact) mass is 425 g/mol. The maximum Gasteiger partial charge on any atom is 0.0942 e. The molecule has 0 spiro atoms. The molecule has 1 saturated heterocycles. The van der Waals surface area contributed by atoms with Gasteiger partial charge in [-0.1, -0.05) is 31.8 Å². The number of aromatic amines is 1. The van der Waals surface area contributed by atoms with Gasteiger partial charge in [0.25, 0.3) is 0 Å². The lowest BCUT2D eigenvalue weighted by Crippen LogP contribution is -2.52. The predicted molar refractivity (Wildman–Crippen MR) is 129 cm³/mol. The molecule has 1 aromatic heterocycles. The molecule has 162 valence electrons. The Bertz CT molecular complexity index is 913. The van der Waals surface area contributed by atoms with Gasteiger partial charge in [-0.05, 0) is 61.3 Å². The van der Waals surface area contributed by atoms with E-state index in [1.807, 2.05) is 0 Å². The van der Waals surface area contributed by atoms with Gasteiger partial charge in [0.15, 0.2) is 0 Å². The van der Waals surface area contributed by atoms with Gasteiger partial charge in [-0.3, -0.25) is 0 Å². The Labute approximate surface area is 185 Å². The second kappa shape index (κ2) is 8.98. The van der Waals surface area contributed by atoms with E-state index in [1.165, 1.54) is 22.2 Å². The Morgan fingerprint density at radius 1 is 1.37 bits per heavy atom. The lowest BCUT2D eigenvalue weighted by Gasteiger charge is -2.42. The van der Waals surface area contributed by atoms with Crippen LogP contribution in [-0.4, -0.2) is 52.0 Å². The van der Waals surface area contributed by atoms with Crippen molar-refractivity contribution in [1.29, 1.82) is 0 Å². The van der Waals surface area contributed by atoms with E-state index in [1.54, 1.807) is 0 Å². The van der Waals surface area contributed by atoms with Crippen LogP contribution in [0.4, 0.5) is 0 Å². The fourth-order valence-electron chi connectivity index (χ4n) is 4.66. The second-order valence-corrected chi connectivity index (χ2v) is 9.49. The third-order valence-corrected chi connectivity index (χ3v) is 7.24. The summed E-state index contributed by atoms with van der Waals surface area (Å²) in [6, 6.07) is 9.63. The second-order valence-electron chi connectivity index (χ2n) is 9.07. The molecule has 0 bridgehead atoms. The van der Waals surface area contributed by atoms with E-state index in [2.05, 4.69) is 64.9 Å². The summed E-state index contributed by atoms with van der Waals surface area (Å²) in [5.74, 6) is 1.47. The van der Waals surface area contributed by atoms with E-state index in [-0.39, 0.29) is 0 Å². The molecule has 2 heterocycles. The van der Waals surface area contributed by atoms with E-state index in [0.717, 1.165) is 62.5 Å². The van der Waals surface area contributed by atoms with Gasteiger partial charge < -0.3 is 25.8 Å². The standard InChI is InChI=1S/C24H35N5S/c1-4-17-7-8-23-18(10-17)13-22(27-23)14-28(3)16(2)26-21-6-5-9-29(15-21)24(30)19-11-20(25)12-19/h7-8,10,13,19-21,26-27H,2,4-6,9,11-12,14-15,25H2,1,3H3. The quantitative estimate of drug-likeness (QED) is 0.590. The number of nitrogens with zero attached hydrogens (tertiary/aromatic N) is 2. The molecule has 1 aliphatic carbocycles. The van der Waals surface area contributed by atoms with Crippen molar-refractivity contribution in [3.8, 4) is 0 Å². The van der Waals surface area contributed by atoms with Gasteiger partial charge in [0.2, 0.25) is 0 Å². The Kier molecular flexibility index (Phi) is 6.34. The number of nitrogens with one attached hydrogen (secondary N) is 2. The molecular formula is C24H35N5S. The van der Waals surface area contributed by atoms with E-state index in [0.29, 0.717) is 18.0 Å². The average molecular weight is 426 g/mol. The Morgan fingerprint density at radius 3 is 2.90 bits per heavy atom. The van der Waals surface area contributed by atoms with Crippen molar-refractivity contribution in [3.05, 3.63) is 47.9 Å². The lowest BCUT2D eigenvalue weighted by molar-refractivity contribution is 0.242. The van der Waals surface area contributed by atoms with E-state index >= 15 is 0 Å². The molecule has 1 aromatic carbocycles. The smallest absolute Gasteiger partial charge is 0.0942 e. The third kappa shape index (κ3) is 4.65. The molecule has 2 aliphatic rings. The number of rotatable bonds is 7. The van der Waals surface area contributed by atoms with Crippen molar-refractivity contribution in [2.24, 2.45) is 11.7 Å². The Hall–Kier alpha value is -2.05. The number of fused-ring (bicyclic) bond motifs is 1. The summed E-state index contributed by atoms with van der Waals surface area (Å²) in [5.41, 5.74) is 9.73. The van der Waals surface area contributed by atoms with Crippen molar-refractivity contribution >= 4 is 28.1 Å². The average Bonchev–Trinajstić information content (AvgIpc) is 3.12. The largest absolute Gasteiger partial charge is 0.368 e. The van der Waals surface area contributed by atoms with Crippen molar-refractivity contribution < 1.29 is 0 Å². The molecule has 1 unspecified atom stereocenters. The van der Waals surface area contributed by atoms with Crippen LogP contribution in [0.15, 0.2) is 36.7 Å². The van der Waals surface area contributed by atoms with Gasteiger partial charge in [0.05, 0.1) is 17.4 Å². The topological polar surface area (TPSA) is 60.3 Å². The summed E-state index contributed by atoms with van der Waals surface area (Å²) < 4.78 is 0. The number of piperidine rings is 1. The number of benzene rings is 1. The zero-order valence-corrected chi connectivity index (χ0v) is 19.1. The Balaban J connectivity index is 1.31. The van der Waals surface area contributed by atoms with Crippen LogP contribution in [0, 0.1) is 5.92 Å². The summed E-state index contributed by atoms with van der Waals surface area (Å²) in [5, 5.41) is 4.93. The highest BCUT2D eigenvalue weighted by Crippen LogP contribution is 2.30. The third-order valence-electron chi connectivity index (χ3n) is 6.65. The molecule has 1 atom stereocenters. The summed E-state index contributed by atoms with van der Waals surface area (Å²) in [4.78, 5) is 9.24. The first-order chi connectivity index (χ1) is 14.4. The van der Waals surface area contributed by atoms with Crippen LogP contribution < -0.4 is 11.1 Å². The van der Waals surface area contributed by atoms with E-state index in [4.69, 9.17) is 18.0 Å². The fourth-order valence-corrected chi connectivity index (χ4v) is 5.02. The molecular weight excluding hydrogens is 390 g/mol. The van der Waals surface area contributed by atoms with E-state index < -0.39 is 0 Å². The Morgan fingerprint density at radius 2 is 2.17 bits per heavy atom. The molecule has 4 rings (SSSR count). The molecule has 2 fully saturated rings. The van der Waals surface area contributed by atoms with Crippen LogP contribution in [0.3, 0.4) is 0 Å². The van der Waals surface area contributed by atoms with Crippen molar-refractivity contribution in [2.45, 2.75) is 57.7 Å².